The van der Waals surface area contributed by atoms with Gasteiger partial charge in [-0.2, -0.15) is 4.98 Å². The molecule has 2 N–H and O–H groups in total. The van der Waals surface area contributed by atoms with Crippen LogP contribution in [0.4, 0.5) is 11.8 Å². The first-order valence-electron chi connectivity index (χ1n) is 8.59. The number of rotatable bonds is 8. The van der Waals surface area contributed by atoms with Crippen molar-refractivity contribution in [1.29, 1.82) is 0 Å². The van der Waals surface area contributed by atoms with Crippen LogP contribution in [0.15, 0.2) is 11.6 Å². The first-order valence-corrected chi connectivity index (χ1v) is 9.47. The molecule has 0 bridgehead atoms. The standard InChI is InChI=1S/C17H25N5O2S/c1-12-15(25-11-19-12)3-6-22(2)16-9-14(13-4-8-24-10-13)20-17(21-16)18-5-7-23/h9,11,13,23H,3-8,10H2,1-2H3,(H,18,20,21)/t13-/m1/s1. The van der Waals surface area contributed by atoms with Crippen molar-refractivity contribution in [1.82, 2.24) is 15.0 Å². The fraction of sp³-hybridized carbons (Fsp3) is 0.588. The highest BCUT2D eigenvalue weighted by molar-refractivity contribution is 7.09. The number of likely N-dealkylation sites (N-methyl/N-ethyl adjacent to an activating group) is 1. The van der Waals surface area contributed by atoms with E-state index in [1.165, 1.54) is 4.88 Å². The van der Waals surface area contributed by atoms with Gasteiger partial charge in [-0.3, -0.25) is 0 Å². The number of hydrogen-bond acceptors (Lipinski definition) is 8. The molecular weight excluding hydrogens is 338 g/mol. The summed E-state index contributed by atoms with van der Waals surface area (Å²) in [6.45, 7) is 4.89. The van der Waals surface area contributed by atoms with Crippen molar-refractivity contribution >= 4 is 23.1 Å². The SMILES string of the molecule is Cc1ncsc1CCN(C)c1cc([C@@H]2CCOC2)nc(NCCO)n1. The molecule has 136 valence electrons. The minimum atomic E-state index is 0.0515. The van der Waals surface area contributed by atoms with Crippen LogP contribution in [0, 0.1) is 6.92 Å². The first-order chi connectivity index (χ1) is 12.2. The molecule has 7 nitrogen and oxygen atoms in total. The predicted molar refractivity (Wildman–Crippen MR) is 99.6 cm³/mol. The molecule has 0 amide bonds. The number of aryl methyl sites for hydroxylation is 1. The normalized spacial score (nSPS) is 17.0. The summed E-state index contributed by atoms with van der Waals surface area (Å²) < 4.78 is 5.50. The lowest BCUT2D eigenvalue weighted by Crippen LogP contribution is -2.23. The highest BCUT2D eigenvalue weighted by Gasteiger charge is 2.21. The van der Waals surface area contributed by atoms with E-state index in [1.54, 1.807) is 11.3 Å². The molecule has 2 aromatic rings. The minimum Gasteiger partial charge on any atom is -0.395 e. The molecule has 1 saturated heterocycles. The van der Waals surface area contributed by atoms with Crippen molar-refractivity contribution < 1.29 is 9.84 Å². The second kappa shape index (κ2) is 8.55. The van der Waals surface area contributed by atoms with Crippen LogP contribution in [-0.4, -0.2) is 60.0 Å². The van der Waals surface area contributed by atoms with Crippen LogP contribution in [0.5, 0.6) is 0 Å². The number of ether oxygens (including phenoxy) is 1. The van der Waals surface area contributed by atoms with Crippen LogP contribution in [0.2, 0.25) is 0 Å². The second-order valence-corrected chi connectivity index (χ2v) is 7.16. The summed E-state index contributed by atoms with van der Waals surface area (Å²) in [5.41, 5.74) is 4.00. The molecule has 0 spiro atoms. The lowest BCUT2D eigenvalue weighted by molar-refractivity contribution is 0.193. The number of nitrogens with one attached hydrogen (secondary N) is 1. The molecule has 8 heteroatoms. The molecule has 2 aromatic heterocycles. The van der Waals surface area contributed by atoms with Gasteiger partial charge in [0.1, 0.15) is 5.82 Å². The Morgan fingerprint density at radius 2 is 2.32 bits per heavy atom. The Hall–Kier alpha value is -1.77. The van der Waals surface area contributed by atoms with E-state index < -0.39 is 0 Å². The zero-order chi connectivity index (χ0) is 17.6. The van der Waals surface area contributed by atoms with Crippen molar-refractivity contribution in [2.24, 2.45) is 0 Å². The van der Waals surface area contributed by atoms with Gasteiger partial charge in [0.25, 0.3) is 0 Å². The van der Waals surface area contributed by atoms with Crippen LogP contribution >= 0.6 is 11.3 Å². The smallest absolute Gasteiger partial charge is 0.224 e. The van der Waals surface area contributed by atoms with Gasteiger partial charge in [-0.05, 0) is 13.3 Å². The molecule has 1 atom stereocenters. The van der Waals surface area contributed by atoms with Gasteiger partial charge in [-0.15, -0.1) is 11.3 Å². The third-order valence-corrected chi connectivity index (χ3v) is 5.38. The second-order valence-electron chi connectivity index (χ2n) is 6.22. The van der Waals surface area contributed by atoms with Crippen LogP contribution in [0.25, 0.3) is 0 Å². The van der Waals surface area contributed by atoms with Crippen LogP contribution < -0.4 is 10.2 Å². The summed E-state index contributed by atoms with van der Waals surface area (Å²) in [4.78, 5) is 17.0. The van der Waals surface area contributed by atoms with Gasteiger partial charge in [0.05, 0.1) is 30.1 Å². The lowest BCUT2D eigenvalue weighted by atomic mass is 10.0. The average Bonchev–Trinajstić information content (AvgIpc) is 3.29. The maximum atomic E-state index is 9.05. The maximum absolute atomic E-state index is 9.05. The fourth-order valence-electron chi connectivity index (χ4n) is 2.82. The Kier molecular flexibility index (Phi) is 6.17. The van der Waals surface area contributed by atoms with Gasteiger partial charge in [0, 0.05) is 50.0 Å². The molecule has 0 aromatic carbocycles. The number of thiazole rings is 1. The molecule has 1 fully saturated rings. The molecular formula is C17H25N5O2S. The quantitative estimate of drug-likeness (QED) is 0.740. The summed E-state index contributed by atoms with van der Waals surface area (Å²) in [5.74, 6) is 1.77. The average molecular weight is 363 g/mol. The fourth-order valence-corrected chi connectivity index (χ4v) is 3.59. The van der Waals surface area contributed by atoms with Gasteiger partial charge in [0.2, 0.25) is 5.95 Å². The Morgan fingerprint density at radius 3 is 3.00 bits per heavy atom. The molecule has 0 unspecified atom stereocenters. The van der Waals surface area contributed by atoms with Crippen molar-refractivity contribution in [3.63, 3.8) is 0 Å². The molecule has 1 aliphatic heterocycles. The lowest BCUT2D eigenvalue weighted by Gasteiger charge is -2.20. The Labute approximate surface area is 152 Å². The van der Waals surface area contributed by atoms with Gasteiger partial charge >= 0.3 is 0 Å². The van der Waals surface area contributed by atoms with Crippen LogP contribution in [0.1, 0.15) is 28.6 Å². The highest BCUT2D eigenvalue weighted by Crippen LogP contribution is 2.27. The summed E-state index contributed by atoms with van der Waals surface area (Å²) in [7, 11) is 2.05. The topological polar surface area (TPSA) is 83.4 Å². The Balaban J connectivity index is 1.75. The first kappa shape index (κ1) is 18.0. The molecule has 0 radical (unpaired) electrons. The van der Waals surface area contributed by atoms with Crippen LogP contribution in [0.3, 0.4) is 0 Å². The van der Waals surface area contributed by atoms with E-state index in [4.69, 9.17) is 9.84 Å². The van der Waals surface area contributed by atoms with E-state index in [9.17, 15) is 0 Å². The molecule has 0 saturated carbocycles. The number of anilines is 2. The third-order valence-electron chi connectivity index (χ3n) is 4.39. The van der Waals surface area contributed by atoms with E-state index in [2.05, 4.69) is 31.2 Å². The molecule has 3 heterocycles. The molecule has 0 aliphatic carbocycles. The third kappa shape index (κ3) is 4.65. The number of hydrogen-bond donors (Lipinski definition) is 2. The Morgan fingerprint density at radius 1 is 1.44 bits per heavy atom. The van der Waals surface area contributed by atoms with E-state index in [0.29, 0.717) is 25.0 Å². The summed E-state index contributed by atoms with van der Waals surface area (Å²) in [6, 6.07) is 2.06. The van der Waals surface area contributed by atoms with Crippen molar-refractivity contribution in [3.8, 4) is 0 Å². The number of nitrogens with zero attached hydrogens (tertiary/aromatic N) is 4. The number of aliphatic hydroxyl groups excluding tert-OH is 1. The molecule has 25 heavy (non-hydrogen) atoms. The van der Waals surface area contributed by atoms with E-state index in [0.717, 1.165) is 43.2 Å². The zero-order valence-electron chi connectivity index (χ0n) is 14.7. The summed E-state index contributed by atoms with van der Waals surface area (Å²) in [5, 5.41) is 12.1. The minimum absolute atomic E-state index is 0.0515. The van der Waals surface area contributed by atoms with E-state index in [-0.39, 0.29) is 6.61 Å². The van der Waals surface area contributed by atoms with E-state index >= 15 is 0 Å². The largest absolute Gasteiger partial charge is 0.395 e. The Bertz CT molecular complexity index is 687. The summed E-state index contributed by atoms with van der Waals surface area (Å²) in [6.07, 6.45) is 1.93. The monoisotopic (exact) mass is 363 g/mol. The van der Waals surface area contributed by atoms with Crippen molar-refractivity contribution in [2.75, 3.05) is 50.2 Å². The van der Waals surface area contributed by atoms with Crippen LogP contribution in [-0.2, 0) is 11.2 Å². The number of aliphatic hydroxyl groups is 1. The summed E-state index contributed by atoms with van der Waals surface area (Å²) >= 11 is 1.70. The van der Waals surface area contributed by atoms with Gasteiger partial charge in [0.15, 0.2) is 0 Å². The maximum Gasteiger partial charge on any atom is 0.224 e. The highest BCUT2D eigenvalue weighted by atomic mass is 32.1. The van der Waals surface area contributed by atoms with Gasteiger partial charge < -0.3 is 20.1 Å². The van der Waals surface area contributed by atoms with Crippen molar-refractivity contribution in [3.05, 3.63) is 27.8 Å². The van der Waals surface area contributed by atoms with E-state index in [1.807, 2.05) is 19.5 Å². The molecule has 1 aliphatic rings. The van der Waals surface area contributed by atoms with Crippen molar-refractivity contribution in [2.45, 2.75) is 25.7 Å². The van der Waals surface area contributed by atoms with Gasteiger partial charge in [-0.25, -0.2) is 9.97 Å². The van der Waals surface area contributed by atoms with Gasteiger partial charge in [-0.1, -0.05) is 0 Å². The predicted octanol–water partition coefficient (Wildman–Crippen LogP) is 1.83. The zero-order valence-corrected chi connectivity index (χ0v) is 15.6. The number of aromatic nitrogens is 3. The molecule has 3 rings (SSSR count).